The Morgan fingerprint density at radius 1 is 1.41 bits per heavy atom. The van der Waals surface area contributed by atoms with Crippen molar-refractivity contribution in [2.24, 2.45) is 0 Å². The van der Waals surface area contributed by atoms with Crippen LogP contribution in [0.3, 0.4) is 0 Å². The Morgan fingerprint density at radius 2 is 2.09 bits per heavy atom. The van der Waals surface area contributed by atoms with E-state index in [4.69, 9.17) is 5.11 Å². The monoisotopic (exact) mass is 320 g/mol. The minimum atomic E-state index is -3.12. The number of nitrogens with one attached hydrogen (secondary N) is 1. The Kier molecular flexibility index (Phi) is 6.48. The number of hydrogen-bond donors (Lipinski definition) is 2. The Bertz CT molecular complexity index is 540. The zero-order chi connectivity index (χ0) is 16.7. The summed E-state index contributed by atoms with van der Waals surface area (Å²) in [5.74, 6) is -2.24. The Labute approximate surface area is 124 Å². The molecule has 0 unspecified atom stereocenters. The maximum Gasteiger partial charge on any atom is 0.387 e. The van der Waals surface area contributed by atoms with Crippen LogP contribution < -0.4 is 10.1 Å². The van der Waals surface area contributed by atoms with Crippen LogP contribution in [0.5, 0.6) is 5.75 Å². The molecule has 0 saturated heterocycles. The van der Waals surface area contributed by atoms with E-state index in [2.05, 4.69) is 10.1 Å². The molecule has 1 aromatic rings. The minimum absolute atomic E-state index is 0.0428. The van der Waals surface area contributed by atoms with Crippen LogP contribution in [0.4, 0.5) is 18.0 Å². The zero-order valence-electron chi connectivity index (χ0n) is 11.7. The van der Waals surface area contributed by atoms with Gasteiger partial charge in [-0.15, -0.1) is 0 Å². The van der Waals surface area contributed by atoms with E-state index in [1.165, 1.54) is 13.1 Å². The maximum absolute atomic E-state index is 13.6. The molecule has 0 aliphatic carbocycles. The summed E-state index contributed by atoms with van der Waals surface area (Å²) in [5, 5.41) is 10.8. The molecule has 6 nitrogen and oxygen atoms in total. The second kappa shape index (κ2) is 8.11. The zero-order valence-corrected chi connectivity index (χ0v) is 11.7. The summed E-state index contributed by atoms with van der Waals surface area (Å²) >= 11 is 0. The van der Waals surface area contributed by atoms with E-state index in [-0.39, 0.29) is 30.8 Å². The third-order valence-electron chi connectivity index (χ3n) is 2.72. The predicted molar refractivity (Wildman–Crippen MR) is 70.2 cm³/mol. The Morgan fingerprint density at radius 3 is 2.68 bits per heavy atom. The summed E-state index contributed by atoms with van der Waals surface area (Å²) in [6.45, 7) is -3.53. The van der Waals surface area contributed by atoms with Crippen molar-refractivity contribution in [3.8, 4) is 5.75 Å². The second-order valence-corrected chi connectivity index (χ2v) is 4.32. The SMILES string of the molecule is CN(CCC(=O)O)C(=O)NCc1c(F)cccc1OC(F)F. The standard InChI is InChI=1S/C13H15F3N2O4/c1-18(6-5-11(19)20)13(21)17-7-8-9(14)3-2-4-10(8)22-12(15)16/h2-4,12H,5-7H2,1H3,(H,17,21)(H,19,20). The lowest BCUT2D eigenvalue weighted by molar-refractivity contribution is -0.137. The molecule has 0 bridgehead atoms. The van der Waals surface area contributed by atoms with Gasteiger partial charge in [0.05, 0.1) is 13.0 Å². The van der Waals surface area contributed by atoms with E-state index < -0.39 is 24.4 Å². The first kappa shape index (κ1) is 17.6. The van der Waals surface area contributed by atoms with Crippen molar-refractivity contribution < 1.29 is 32.6 Å². The number of ether oxygens (including phenoxy) is 1. The molecule has 9 heteroatoms. The number of alkyl halides is 2. The molecule has 0 saturated carbocycles. The van der Waals surface area contributed by atoms with Gasteiger partial charge in [-0.05, 0) is 12.1 Å². The highest BCUT2D eigenvalue weighted by atomic mass is 19.3. The lowest BCUT2D eigenvalue weighted by atomic mass is 10.2. The fraction of sp³-hybridized carbons (Fsp3) is 0.385. The van der Waals surface area contributed by atoms with Crippen molar-refractivity contribution >= 4 is 12.0 Å². The number of urea groups is 1. The van der Waals surface area contributed by atoms with Crippen molar-refractivity contribution in [3.05, 3.63) is 29.6 Å². The topological polar surface area (TPSA) is 78.9 Å². The molecular formula is C13H15F3N2O4. The van der Waals surface area contributed by atoms with Gasteiger partial charge in [0.2, 0.25) is 0 Å². The molecule has 0 radical (unpaired) electrons. The van der Waals surface area contributed by atoms with Gasteiger partial charge in [0.15, 0.2) is 0 Å². The van der Waals surface area contributed by atoms with Crippen molar-refractivity contribution in [1.29, 1.82) is 0 Å². The third kappa shape index (κ3) is 5.51. The Hall–Kier alpha value is -2.45. The van der Waals surface area contributed by atoms with E-state index in [0.29, 0.717) is 0 Å². The second-order valence-electron chi connectivity index (χ2n) is 4.32. The first-order valence-corrected chi connectivity index (χ1v) is 6.24. The van der Waals surface area contributed by atoms with Crippen molar-refractivity contribution in [1.82, 2.24) is 10.2 Å². The molecule has 0 aromatic heterocycles. The maximum atomic E-state index is 13.6. The van der Waals surface area contributed by atoms with Crippen LogP contribution in [0, 0.1) is 5.82 Å². The molecule has 0 aliphatic rings. The lowest BCUT2D eigenvalue weighted by Crippen LogP contribution is -2.38. The van der Waals surface area contributed by atoms with Gasteiger partial charge in [0, 0.05) is 19.2 Å². The molecule has 2 amide bonds. The normalized spacial score (nSPS) is 10.4. The van der Waals surface area contributed by atoms with Crippen LogP contribution in [-0.2, 0) is 11.3 Å². The fourth-order valence-corrected chi connectivity index (χ4v) is 1.58. The van der Waals surface area contributed by atoms with Crippen LogP contribution in [0.2, 0.25) is 0 Å². The number of carboxylic acid groups (broad SMARTS) is 1. The summed E-state index contributed by atoms with van der Waals surface area (Å²) in [6, 6.07) is 2.75. The van der Waals surface area contributed by atoms with Crippen LogP contribution in [0.15, 0.2) is 18.2 Å². The lowest BCUT2D eigenvalue weighted by Gasteiger charge is -2.18. The molecule has 0 heterocycles. The van der Waals surface area contributed by atoms with Crippen molar-refractivity contribution in [2.45, 2.75) is 19.6 Å². The molecule has 122 valence electrons. The van der Waals surface area contributed by atoms with Gasteiger partial charge < -0.3 is 20.1 Å². The number of rotatable bonds is 7. The van der Waals surface area contributed by atoms with Gasteiger partial charge in [-0.1, -0.05) is 6.07 Å². The average molecular weight is 320 g/mol. The first-order chi connectivity index (χ1) is 10.3. The highest BCUT2D eigenvalue weighted by Gasteiger charge is 2.16. The van der Waals surface area contributed by atoms with Crippen LogP contribution in [0.1, 0.15) is 12.0 Å². The molecule has 0 fully saturated rings. The molecular weight excluding hydrogens is 305 g/mol. The number of benzene rings is 1. The minimum Gasteiger partial charge on any atom is -0.481 e. The van der Waals surface area contributed by atoms with Crippen LogP contribution in [0.25, 0.3) is 0 Å². The molecule has 0 atom stereocenters. The number of nitrogens with zero attached hydrogens (tertiary/aromatic N) is 1. The van der Waals surface area contributed by atoms with Crippen LogP contribution >= 0.6 is 0 Å². The number of carboxylic acids is 1. The molecule has 0 spiro atoms. The quantitative estimate of drug-likeness (QED) is 0.806. The fourth-order valence-electron chi connectivity index (χ4n) is 1.58. The van der Waals surface area contributed by atoms with Gasteiger partial charge >= 0.3 is 18.6 Å². The van der Waals surface area contributed by atoms with Crippen molar-refractivity contribution in [3.63, 3.8) is 0 Å². The summed E-state index contributed by atoms with van der Waals surface area (Å²) in [7, 11) is 1.36. The summed E-state index contributed by atoms with van der Waals surface area (Å²) in [6.07, 6.45) is -0.247. The van der Waals surface area contributed by atoms with Gasteiger partial charge in [-0.2, -0.15) is 8.78 Å². The average Bonchev–Trinajstić information content (AvgIpc) is 2.43. The van der Waals surface area contributed by atoms with Gasteiger partial charge in [-0.3, -0.25) is 4.79 Å². The van der Waals surface area contributed by atoms with E-state index in [1.807, 2.05) is 0 Å². The Balaban J connectivity index is 2.67. The van der Waals surface area contributed by atoms with Gasteiger partial charge in [0.1, 0.15) is 11.6 Å². The van der Waals surface area contributed by atoms with Crippen molar-refractivity contribution in [2.75, 3.05) is 13.6 Å². The molecule has 22 heavy (non-hydrogen) atoms. The highest BCUT2D eigenvalue weighted by Crippen LogP contribution is 2.23. The van der Waals surface area contributed by atoms with E-state index in [9.17, 15) is 22.8 Å². The number of carbonyl (C=O) groups excluding carboxylic acids is 1. The number of carbonyl (C=O) groups is 2. The number of halogens is 3. The number of aliphatic carboxylic acids is 1. The predicted octanol–water partition coefficient (Wildman–Crippen LogP) is 2.04. The molecule has 1 rings (SSSR count). The van der Waals surface area contributed by atoms with E-state index >= 15 is 0 Å². The highest BCUT2D eigenvalue weighted by molar-refractivity contribution is 5.75. The number of hydrogen-bond acceptors (Lipinski definition) is 3. The van der Waals surface area contributed by atoms with E-state index in [1.54, 1.807) is 0 Å². The van der Waals surface area contributed by atoms with Gasteiger partial charge in [0.25, 0.3) is 0 Å². The van der Waals surface area contributed by atoms with Crippen LogP contribution in [-0.4, -0.2) is 42.2 Å². The summed E-state index contributed by atoms with van der Waals surface area (Å²) in [5.41, 5.74) is -0.220. The molecule has 0 aliphatic heterocycles. The van der Waals surface area contributed by atoms with E-state index in [0.717, 1.165) is 17.0 Å². The largest absolute Gasteiger partial charge is 0.481 e. The van der Waals surface area contributed by atoms with Gasteiger partial charge in [-0.25, -0.2) is 9.18 Å². The number of amides is 2. The molecule has 1 aromatic carbocycles. The first-order valence-electron chi connectivity index (χ1n) is 6.24. The third-order valence-corrected chi connectivity index (χ3v) is 2.72. The summed E-state index contributed by atoms with van der Waals surface area (Å²) in [4.78, 5) is 23.2. The smallest absolute Gasteiger partial charge is 0.387 e. The molecule has 2 N–H and O–H groups in total. The summed E-state index contributed by atoms with van der Waals surface area (Å²) < 4.78 is 42.3.